The van der Waals surface area contributed by atoms with E-state index in [1.54, 1.807) is 6.07 Å². The molecule has 234 valence electrons. The zero-order chi connectivity index (χ0) is 31.2. The van der Waals surface area contributed by atoms with E-state index in [0.29, 0.717) is 5.56 Å². The van der Waals surface area contributed by atoms with Gasteiger partial charge in [0.15, 0.2) is 23.2 Å². The molecule has 43 heavy (non-hydrogen) atoms. The summed E-state index contributed by atoms with van der Waals surface area (Å²) in [6.07, 6.45) is -15.0. The van der Waals surface area contributed by atoms with Crippen molar-refractivity contribution in [1.29, 1.82) is 0 Å². The van der Waals surface area contributed by atoms with Crippen molar-refractivity contribution in [3.05, 3.63) is 46.6 Å². The van der Waals surface area contributed by atoms with Crippen molar-refractivity contribution in [3.8, 4) is 34.3 Å². The zero-order valence-corrected chi connectivity index (χ0v) is 22.9. The number of ether oxygens (including phenoxy) is 5. The van der Waals surface area contributed by atoms with Crippen LogP contribution in [0.5, 0.6) is 23.0 Å². The molecular formula is C28H32O15. The highest BCUT2D eigenvalue weighted by Gasteiger charge is 2.47. The molecule has 2 saturated heterocycles. The Kier molecular flexibility index (Phi) is 8.80. The van der Waals surface area contributed by atoms with Gasteiger partial charge in [-0.05, 0) is 25.1 Å². The van der Waals surface area contributed by atoms with Crippen LogP contribution in [0.4, 0.5) is 0 Å². The molecule has 15 nitrogen and oxygen atoms in total. The van der Waals surface area contributed by atoms with Gasteiger partial charge in [0, 0.05) is 23.8 Å². The molecule has 2 aromatic carbocycles. The highest BCUT2D eigenvalue weighted by molar-refractivity contribution is 5.86. The smallest absolute Gasteiger partial charge is 0.229 e. The Bertz CT molecular complexity index is 1510. The van der Waals surface area contributed by atoms with Crippen LogP contribution in [0.25, 0.3) is 22.3 Å². The Hall–Kier alpha value is -3.51. The van der Waals surface area contributed by atoms with Crippen LogP contribution >= 0.6 is 0 Å². The Labute approximate surface area is 243 Å². The lowest BCUT2D eigenvalue weighted by atomic mass is 9.98. The molecule has 0 amide bonds. The number of benzene rings is 2. The minimum absolute atomic E-state index is 0.0517. The van der Waals surface area contributed by atoms with Gasteiger partial charge in [0.25, 0.3) is 0 Å². The Morgan fingerprint density at radius 1 is 0.791 bits per heavy atom. The second kappa shape index (κ2) is 12.2. The monoisotopic (exact) mass is 608 g/mol. The van der Waals surface area contributed by atoms with E-state index in [4.69, 9.17) is 28.1 Å². The van der Waals surface area contributed by atoms with Crippen LogP contribution in [0.3, 0.4) is 0 Å². The quantitative estimate of drug-likeness (QED) is 0.159. The summed E-state index contributed by atoms with van der Waals surface area (Å²) in [4.78, 5) is 12.8. The third kappa shape index (κ3) is 5.99. The van der Waals surface area contributed by atoms with Gasteiger partial charge < -0.3 is 69.0 Å². The lowest BCUT2D eigenvalue weighted by Crippen LogP contribution is -2.61. The molecule has 1 aromatic heterocycles. The molecule has 5 rings (SSSR count). The lowest BCUT2D eigenvalue weighted by molar-refractivity contribution is -0.318. The van der Waals surface area contributed by atoms with Gasteiger partial charge in [0.2, 0.25) is 6.29 Å². The van der Waals surface area contributed by atoms with Crippen LogP contribution in [-0.4, -0.2) is 116 Å². The second-order valence-electron chi connectivity index (χ2n) is 10.3. The lowest BCUT2D eigenvalue weighted by Gasteiger charge is -2.42. The van der Waals surface area contributed by atoms with Gasteiger partial charge in [-0.3, -0.25) is 4.79 Å². The van der Waals surface area contributed by atoms with Gasteiger partial charge >= 0.3 is 0 Å². The molecule has 0 radical (unpaired) electrons. The summed E-state index contributed by atoms with van der Waals surface area (Å²) in [7, 11) is 1.38. The predicted octanol–water partition coefficient (Wildman–Crippen LogP) is -1.09. The molecule has 2 aliphatic heterocycles. The molecule has 0 aliphatic carbocycles. The number of aliphatic hydroxyl groups is 6. The first-order valence-electron chi connectivity index (χ1n) is 13.3. The summed E-state index contributed by atoms with van der Waals surface area (Å²) in [5, 5.41) is 82.0. The largest absolute Gasteiger partial charge is 0.507 e. The maximum absolute atomic E-state index is 12.8. The number of aromatic hydroxyl groups is 2. The van der Waals surface area contributed by atoms with Crippen molar-refractivity contribution < 1.29 is 69.0 Å². The summed E-state index contributed by atoms with van der Waals surface area (Å²) >= 11 is 0. The zero-order valence-electron chi connectivity index (χ0n) is 22.9. The summed E-state index contributed by atoms with van der Waals surface area (Å²) in [6.45, 7) is 0.953. The van der Waals surface area contributed by atoms with Crippen molar-refractivity contribution >= 4 is 11.0 Å². The predicted molar refractivity (Wildman–Crippen MR) is 143 cm³/mol. The van der Waals surface area contributed by atoms with Gasteiger partial charge in [0.05, 0.1) is 19.8 Å². The van der Waals surface area contributed by atoms with E-state index in [-0.39, 0.29) is 34.0 Å². The van der Waals surface area contributed by atoms with E-state index >= 15 is 0 Å². The van der Waals surface area contributed by atoms with Crippen LogP contribution in [0.1, 0.15) is 6.92 Å². The minimum atomic E-state index is -1.78. The van der Waals surface area contributed by atoms with E-state index in [1.165, 1.54) is 32.2 Å². The van der Waals surface area contributed by atoms with Crippen LogP contribution < -0.4 is 14.9 Å². The van der Waals surface area contributed by atoms with E-state index < -0.39 is 79.2 Å². The Balaban J connectivity index is 1.36. The number of hydrogen-bond donors (Lipinski definition) is 8. The molecule has 10 atom stereocenters. The first kappa shape index (κ1) is 30.9. The van der Waals surface area contributed by atoms with Crippen LogP contribution in [0, 0.1) is 0 Å². The molecule has 15 heteroatoms. The number of phenols is 2. The molecule has 0 unspecified atom stereocenters. The van der Waals surface area contributed by atoms with E-state index in [2.05, 4.69) is 0 Å². The van der Waals surface area contributed by atoms with Crippen LogP contribution in [-0.2, 0) is 14.2 Å². The highest BCUT2D eigenvalue weighted by atomic mass is 16.7. The van der Waals surface area contributed by atoms with Gasteiger partial charge in [-0.1, -0.05) is 0 Å². The first-order chi connectivity index (χ1) is 20.4. The number of hydrogen-bond acceptors (Lipinski definition) is 15. The van der Waals surface area contributed by atoms with Crippen LogP contribution in [0.15, 0.2) is 45.6 Å². The summed E-state index contributed by atoms with van der Waals surface area (Å²) in [5.41, 5.74) is -0.381. The maximum Gasteiger partial charge on any atom is 0.229 e. The van der Waals surface area contributed by atoms with Crippen molar-refractivity contribution in [2.45, 2.75) is 68.3 Å². The molecule has 0 bridgehead atoms. The number of rotatable bonds is 7. The molecule has 0 saturated carbocycles. The number of methoxy groups -OCH3 is 1. The topological polar surface area (TPSA) is 238 Å². The summed E-state index contributed by atoms with van der Waals surface area (Å²) in [6, 6.07) is 7.78. The normalized spacial score (nSPS) is 32.9. The minimum Gasteiger partial charge on any atom is -0.507 e. The van der Waals surface area contributed by atoms with Crippen molar-refractivity contribution in [3.63, 3.8) is 0 Å². The molecule has 2 fully saturated rings. The van der Waals surface area contributed by atoms with E-state index in [0.717, 1.165) is 12.1 Å². The standard InChI is InChI=1S/C28H32O15/c1-10-21(32)23(34)25(36)27(40-10)39-9-19-22(33)24(35)26(37)28(43-19)41-12-6-14(30)20-15(31)8-17(42-18(20)7-12)11-3-4-16(38-2)13(29)5-11/h3-8,10,19,21-30,32-37H,9H2,1-2H3/t10-,19+,21+,22+,23+,24-,25+,26+,27-,28+/m1/s1. The fraction of sp³-hybridized carbons (Fsp3) is 0.464. The van der Waals surface area contributed by atoms with Gasteiger partial charge in [0.1, 0.15) is 71.0 Å². The third-order valence-corrected chi connectivity index (χ3v) is 7.40. The van der Waals surface area contributed by atoms with Gasteiger partial charge in [-0.25, -0.2) is 0 Å². The van der Waals surface area contributed by atoms with E-state index in [9.17, 15) is 45.6 Å². The van der Waals surface area contributed by atoms with Crippen LogP contribution in [0.2, 0.25) is 0 Å². The second-order valence-corrected chi connectivity index (χ2v) is 10.3. The molecule has 2 aliphatic rings. The average molecular weight is 609 g/mol. The third-order valence-electron chi connectivity index (χ3n) is 7.40. The molecule has 8 N–H and O–H groups in total. The molecule has 0 spiro atoms. The fourth-order valence-electron chi connectivity index (χ4n) is 4.92. The van der Waals surface area contributed by atoms with E-state index in [1.807, 2.05) is 0 Å². The van der Waals surface area contributed by atoms with Crippen molar-refractivity contribution in [1.82, 2.24) is 0 Å². The number of fused-ring (bicyclic) bond motifs is 1. The average Bonchev–Trinajstić information content (AvgIpc) is 2.97. The molecule has 3 aromatic rings. The molecular weight excluding hydrogens is 576 g/mol. The van der Waals surface area contributed by atoms with Gasteiger partial charge in [-0.15, -0.1) is 0 Å². The Morgan fingerprint density at radius 3 is 2.19 bits per heavy atom. The van der Waals surface area contributed by atoms with Gasteiger partial charge in [-0.2, -0.15) is 0 Å². The van der Waals surface area contributed by atoms with Crippen molar-refractivity contribution in [2.75, 3.05) is 13.7 Å². The Morgan fingerprint density at radius 2 is 1.49 bits per heavy atom. The number of aliphatic hydroxyl groups excluding tert-OH is 6. The first-order valence-corrected chi connectivity index (χ1v) is 13.3. The number of phenolic OH excluding ortho intramolecular Hbond substituents is 2. The highest BCUT2D eigenvalue weighted by Crippen LogP contribution is 2.35. The summed E-state index contributed by atoms with van der Waals surface area (Å²) in [5.74, 6) is -0.605. The fourth-order valence-corrected chi connectivity index (χ4v) is 4.92. The summed E-state index contributed by atoms with van der Waals surface area (Å²) < 4.78 is 32.9. The molecule has 3 heterocycles. The maximum atomic E-state index is 12.8. The van der Waals surface area contributed by atoms with Crippen molar-refractivity contribution in [2.24, 2.45) is 0 Å². The SMILES string of the molecule is COc1ccc(-c2cc(=O)c3c(O)cc(O[C@H]4O[C@@H](CO[C@@H]5O[C@H](C)[C@H](O)[C@H](O)[C@@H]5O)[C@H](O)[C@@H](O)[C@@H]4O)cc3o2)cc1O.